The van der Waals surface area contributed by atoms with E-state index in [4.69, 9.17) is 5.26 Å². The number of hydrogen-bond donors (Lipinski definition) is 0. The van der Waals surface area contributed by atoms with Crippen LogP contribution in [0.1, 0.15) is 25.6 Å². The number of nitrogens with zero attached hydrogens (tertiary/aromatic N) is 3. The van der Waals surface area contributed by atoms with Crippen molar-refractivity contribution >= 4 is 16.8 Å². The minimum absolute atomic E-state index is 0.481. The molecule has 0 bridgehead atoms. The molecule has 3 nitrogen and oxygen atoms in total. The van der Waals surface area contributed by atoms with E-state index in [0.717, 1.165) is 10.8 Å². The quantitative estimate of drug-likeness (QED) is 0.580. The van der Waals surface area contributed by atoms with Crippen LogP contribution < -0.4 is 0 Å². The van der Waals surface area contributed by atoms with Crippen molar-refractivity contribution in [3.63, 3.8) is 0 Å². The van der Waals surface area contributed by atoms with Crippen LogP contribution in [0.2, 0.25) is 0 Å². The molecule has 0 radical (unpaired) electrons. The first-order valence-corrected chi connectivity index (χ1v) is 5.74. The molecule has 0 amide bonds. The third-order valence-corrected chi connectivity index (χ3v) is 2.57. The smallest absolute Gasteiger partial charge is 0.179 e. The molecule has 4 heteroatoms. The Bertz CT molecular complexity index is 367. The van der Waals surface area contributed by atoms with E-state index in [-0.39, 0.29) is 0 Å². The number of aromatic nitrogens is 1. The van der Waals surface area contributed by atoms with Crippen LogP contribution in [0.5, 0.6) is 0 Å². The fourth-order valence-electron chi connectivity index (χ4n) is 1.13. The van der Waals surface area contributed by atoms with E-state index < -0.39 is 6.04 Å². The van der Waals surface area contributed by atoms with E-state index in [1.165, 1.54) is 0 Å². The van der Waals surface area contributed by atoms with Crippen molar-refractivity contribution in [2.24, 2.45) is 4.99 Å². The summed E-state index contributed by atoms with van der Waals surface area (Å²) in [6, 6.07) is 7.18. The highest BCUT2D eigenvalue weighted by atomic mass is 32.2. The van der Waals surface area contributed by atoms with Gasteiger partial charge < -0.3 is 0 Å². The molecule has 1 heterocycles. The molecule has 0 N–H and O–H groups in total. The van der Waals surface area contributed by atoms with Crippen molar-refractivity contribution in [1.82, 2.24) is 4.98 Å². The lowest BCUT2D eigenvalue weighted by atomic mass is 10.2. The SMILES string of the molecule is CCSC(C)=NC(C#N)c1ccccn1. The molecule has 15 heavy (non-hydrogen) atoms. The second-order valence-electron chi connectivity index (χ2n) is 2.87. The van der Waals surface area contributed by atoms with Gasteiger partial charge in [0, 0.05) is 6.20 Å². The lowest BCUT2D eigenvalue weighted by molar-refractivity contribution is 0.879. The van der Waals surface area contributed by atoms with Gasteiger partial charge in [0.05, 0.1) is 16.8 Å². The number of thioether (sulfide) groups is 1. The van der Waals surface area contributed by atoms with Crippen LogP contribution in [0.4, 0.5) is 0 Å². The van der Waals surface area contributed by atoms with Crippen molar-refractivity contribution < 1.29 is 0 Å². The molecule has 0 saturated carbocycles. The van der Waals surface area contributed by atoms with Gasteiger partial charge >= 0.3 is 0 Å². The molecule has 1 aromatic rings. The van der Waals surface area contributed by atoms with E-state index in [1.807, 2.05) is 25.1 Å². The summed E-state index contributed by atoms with van der Waals surface area (Å²) >= 11 is 1.64. The Morgan fingerprint density at radius 2 is 2.47 bits per heavy atom. The molecule has 1 unspecified atom stereocenters. The minimum atomic E-state index is -0.481. The highest BCUT2D eigenvalue weighted by Gasteiger charge is 2.09. The molecule has 0 aliphatic heterocycles. The zero-order valence-corrected chi connectivity index (χ0v) is 9.66. The standard InChI is InChI=1S/C11H13N3S/c1-3-15-9(2)14-11(8-12)10-6-4-5-7-13-10/h4-7,11H,3H2,1-2H3. The predicted octanol–water partition coefficient (Wildman–Crippen LogP) is 2.82. The number of pyridine rings is 1. The van der Waals surface area contributed by atoms with Gasteiger partial charge in [-0.05, 0) is 24.8 Å². The molecule has 1 atom stereocenters. The van der Waals surface area contributed by atoms with Crippen LogP contribution in [0.3, 0.4) is 0 Å². The lowest BCUT2D eigenvalue weighted by Crippen LogP contribution is -1.98. The van der Waals surface area contributed by atoms with Crippen molar-refractivity contribution in [3.8, 4) is 6.07 Å². The van der Waals surface area contributed by atoms with Gasteiger partial charge in [0.15, 0.2) is 6.04 Å². The second-order valence-corrected chi connectivity index (χ2v) is 4.32. The van der Waals surface area contributed by atoms with E-state index in [0.29, 0.717) is 5.69 Å². The molecule has 1 aromatic heterocycles. The van der Waals surface area contributed by atoms with Crippen molar-refractivity contribution in [2.45, 2.75) is 19.9 Å². The summed E-state index contributed by atoms with van der Waals surface area (Å²) in [5.74, 6) is 0.968. The van der Waals surface area contributed by atoms with Gasteiger partial charge in [-0.1, -0.05) is 13.0 Å². The fourth-order valence-corrected chi connectivity index (χ4v) is 1.72. The Labute approximate surface area is 94.3 Å². The average molecular weight is 219 g/mol. The summed E-state index contributed by atoms with van der Waals surface area (Å²) in [7, 11) is 0. The average Bonchev–Trinajstić information content (AvgIpc) is 2.27. The maximum Gasteiger partial charge on any atom is 0.179 e. The van der Waals surface area contributed by atoms with Gasteiger partial charge in [-0.25, -0.2) is 0 Å². The van der Waals surface area contributed by atoms with Gasteiger partial charge in [-0.3, -0.25) is 9.98 Å². The van der Waals surface area contributed by atoms with E-state index in [1.54, 1.807) is 18.0 Å². The first-order valence-electron chi connectivity index (χ1n) is 4.75. The normalized spacial score (nSPS) is 13.3. The third-order valence-electron chi connectivity index (χ3n) is 1.75. The van der Waals surface area contributed by atoms with Crippen LogP contribution in [-0.2, 0) is 0 Å². The molecule has 0 aliphatic rings. The molecular weight excluding hydrogens is 206 g/mol. The molecular formula is C11H13N3S. The summed E-state index contributed by atoms with van der Waals surface area (Å²) in [5, 5.41) is 9.92. The number of nitriles is 1. The summed E-state index contributed by atoms with van der Waals surface area (Å²) in [6.07, 6.45) is 1.68. The monoisotopic (exact) mass is 219 g/mol. The highest BCUT2D eigenvalue weighted by Crippen LogP contribution is 2.16. The maximum absolute atomic E-state index is 8.99. The van der Waals surface area contributed by atoms with Crippen LogP contribution in [0, 0.1) is 11.3 Å². The van der Waals surface area contributed by atoms with Gasteiger partial charge in [0.25, 0.3) is 0 Å². The van der Waals surface area contributed by atoms with Crippen LogP contribution >= 0.6 is 11.8 Å². The zero-order chi connectivity index (χ0) is 11.1. The Morgan fingerprint density at radius 3 is 3.00 bits per heavy atom. The van der Waals surface area contributed by atoms with E-state index in [2.05, 4.69) is 23.0 Å². The van der Waals surface area contributed by atoms with Gasteiger partial charge in [0.1, 0.15) is 0 Å². The third kappa shape index (κ3) is 3.72. The van der Waals surface area contributed by atoms with Crippen LogP contribution in [0.25, 0.3) is 0 Å². The summed E-state index contributed by atoms with van der Waals surface area (Å²) in [6.45, 7) is 3.98. The van der Waals surface area contributed by atoms with Crippen molar-refractivity contribution in [3.05, 3.63) is 30.1 Å². The van der Waals surface area contributed by atoms with E-state index >= 15 is 0 Å². The number of aliphatic imine (C=N–C) groups is 1. The summed E-state index contributed by atoms with van der Waals surface area (Å²) in [5.41, 5.74) is 0.705. The first-order chi connectivity index (χ1) is 7.27. The number of hydrogen-bond acceptors (Lipinski definition) is 4. The van der Waals surface area contributed by atoms with Crippen molar-refractivity contribution in [2.75, 3.05) is 5.75 Å². The summed E-state index contributed by atoms with van der Waals surface area (Å²) < 4.78 is 0. The Hall–Kier alpha value is -1.34. The molecule has 0 aromatic carbocycles. The Balaban J connectivity index is 2.83. The molecule has 1 rings (SSSR count). The second kappa shape index (κ2) is 6.20. The highest BCUT2D eigenvalue weighted by molar-refractivity contribution is 8.13. The lowest BCUT2D eigenvalue weighted by Gasteiger charge is -2.04. The van der Waals surface area contributed by atoms with E-state index in [9.17, 15) is 0 Å². The number of rotatable bonds is 3. The Morgan fingerprint density at radius 1 is 1.67 bits per heavy atom. The molecule has 0 spiro atoms. The minimum Gasteiger partial charge on any atom is -0.258 e. The Kier molecular flexibility index (Phi) is 4.85. The topological polar surface area (TPSA) is 49.0 Å². The maximum atomic E-state index is 8.99. The first kappa shape index (κ1) is 11.7. The fraction of sp³-hybridized carbons (Fsp3) is 0.364. The molecule has 0 fully saturated rings. The van der Waals surface area contributed by atoms with Gasteiger partial charge in [-0.2, -0.15) is 5.26 Å². The molecule has 0 saturated heterocycles. The molecule has 78 valence electrons. The molecule has 0 aliphatic carbocycles. The largest absolute Gasteiger partial charge is 0.258 e. The van der Waals surface area contributed by atoms with Crippen molar-refractivity contribution in [1.29, 1.82) is 5.26 Å². The van der Waals surface area contributed by atoms with Gasteiger partial charge in [-0.15, -0.1) is 11.8 Å². The zero-order valence-electron chi connectivity index (χ0n) is 8.84. The van der Waals surface area contributed by atoms with Crippen LogP contribution in [-0.4, -0.2) is 15.8 Å². The van der Waals surface area contributed by atoms with Crippen LogP contribution in [0.15, 0.2) is 29.4 Å². The van der Waals surface area contributed by atoms with Gasteiger partial charge in [0.2, 0.25) is 0 Å². The summed E-state index contributed by atoms with van der Waals surface area (Å²) in [4.78, 5) is 8.44. The predicted molar refractivity (Wildman–Crippen MR) is 63.8 cm³/mol.